The molecule has 5 nitrogen and oxygen atoms in total. The Morgan fingerprint density at radius 2 is 1.92 bits per heavy atom. The smallest absolute Gasteiger partial charge is 0.375 e. The monoisotopic (exact) mass is 206 g/mol. The average Bonchev–Trinajstić information content (AvgIpc) is 2.64. The molecule has 1 aliphatic rings. The summed E-state index contributed by atoms with van der Waals surface area (Å²) in [4.78, 5) is 22.1. The molecule has 1 rings (SSSR count). The van der Waals surface area contributed by atoms with Gasteiger partial charge in [-0.15, -0.1) is 0 Å². The molecule has 2 N–H and O–H groups in total. The highest BCUT2D eigenvalue weighted by molar-refractivity contribution is 8.00. The third-order valence-corrected chi connectivity index (χ3v) is 3.06. The number of carbonyl (C=O) groups excluding carboxylic acids is 2. The quantitative estimate of drug-likeness (QED) is 0.547. The summed E-state index contributed by atoms with van der Waals surface area (Å²) in [5.41, 5.74) is 0. The molecule has 2 unspecified atom stereocenters. The number of carbonyl (C=O) groups is 2. The standard InChI is InChI=1S/C7H11NO4S/c1-11-6(9)4-3-13-5(8-4)7(10)12-2/h4-5,8H,3H2,1-2H3/p+1. The lowest BCUT2D eigenvalue weighted by Crippen LogP contribution is -2.94. The summed E-state index contributed by atoms with van der Waals surface area (Å²) in [6, 6.07) is -0.279. The first-order chi connectivity index (χ1) is 6.19. The molecule has 0 aromatic heterocycles. The summed E-state index contributed by atoms with van der Waals surface area (Å²) < 4.78 is 9.11. The molecule has 0 aromatic rings. The van der Waals surface area contributed by atoms with Crippen LogP contribution in [0.1, 0.15) is 0 Å². The predicted molar refractivity (Wildman–Crippen MR) is 46.0 cm³/mol. The fraction of sp³-hybridized carbons (Fsp3) is 0.714. The number of nitrogens with two attached hydrogens (primary N) is 1. The van der Waals surface area contributed by atoms with E-state index in [2.05, 4.69) is 9.47 Å². The van der Waals surface area contributed by atoms with Crippen LogP contribution >= 0.6 is 11.8 Å². The van der Waals surface area contributed by atoms with Gasteiger partial charge in [0.25, 0.3) is 0 Å². The van der Waals surface area contributed by atoms with Crippen LogP contribution in [-0.4, -0.2) is 43.3 Å². The number of thioether (sulfide) groups is 1. The van der Waals surface area contributed by atoms with Crippen molar-refractivity contribution in [2.75, 3.05) is 20.0 Å². The van der Waals surface area contributed by atoms with E-state index >= 15 is 0 Å². The van der Waals surface area contributed by atoms with Crippen LogP contribution in [0.5, 0.6) is 0 Å². The van der Waals surface area contributed by atoms with Crippen molar-refractivity contribution in [3.8, 4) is 0 Å². The van der Waals surface area contributed by atoms with Crippen molar-refractivity contribution in [3.05, 3.63) is 0 Å². The van der Waals surface area contributed by atoms with Crippen molar-refractivity contribution in [2.24, 2.45) is 0 Å². The van der Waals surface area contributed by atoms with E-state index in [1.54, 1.807) is 5.32 Å². The molecule has 1 fully saturated rings. The van der Waals surface area contributed by atoms with Crippen molar-refractivity contribution >= 4 is 23.7 Å². The van der Waals surface area contributed by atoms with Crippen LogP contribution in [0, 0.1) is 0 Å². The van der Waals surface area contributed by atoms with Crippen molar-refractivity contribution in [3.63, 3.8) is 0 Å². The van der Waals surface area contributed by atoms with E-state index in [1.165, 1.54) is 26.0 Å². The predicted octanol–water partition coefficient (Wildman–Crippen LogP) is -1.66. The maximum absolute atomic E-state index is 11.1. The molecule has 0 saturated carbocycles. The van der Waals surface area contributed by atoms with E-state index in [0.717, 1.165) is 0 Å². The van der Waals surface area contributed by atoms with E-state index in [-0.39, 0.29) is 23.4 Å². The van der Waals surface area contributed by atoms with Crippen molar-refractivity contribution in [1.29, 1.82) is 0 Å². The lowest BCUT2D eigenvalue weighted by Gasteiger charge is -2.06. The highest BCUT2D eigenvalue weighted by Crippen LogP contribution is 2.13. The summed E-state index contributed by atoms with van der Waals surface area (Å²) in [7, 11) is 2.68. The average molecular weight is 206 g/mol. The fourth-order valence-corrected chi connectivity index (χ4v) is 2.29. The summed E-state index contributed by atoms with van der Waals surface area (Å²) in [6.45, 7) is 0. The van der Waals surface area contributed by atoms with Gasteiger partial charge in [-0.05, 0) is 0 Å². The Labute approximate surface area is 80.1 Å². The van der Waals surface area contributed by atoms with Crippen LogP contribution in [0.2, 0.25) is 0 Å². The second-order valence-corrected chi connectivity index (χ2v) is 3.77. The van der Waals surface area contributed by atoms with Crippen LogP contribution < -0.4 is 5.32 Å². The highest BCUT2D eigenvalue weighted by Gasteiger charge is 2.39. The molecule has 6 heteroatoms. The van der Waals surface area contributed by atoms with E-state index in [0.29, 0.717) is 5.75 Å². The van der Waals surface area contributed by atoms with Crippen molar-refractivity contribution in [1.82, 2.24) is 0 Å². The normalized spacial score (nSPS) is 26.9. The zero-order valence-corrected chi connectivity index (χ0v) is 8.30. The van der Waals surface area contributed by atoms with E-state index in [9.17, 15) is 9.59 Å². The molecule has 74 valence electrons. The molecular weight excluding hydrogens is 194 g/mol. The summed E-state index contributed by atoms with van der Waals surface area (Å²) >= 11 is 1.40. The Morgan fingerprint density at radius 1 is 1.31 bits per heavy atom. The number of hydrogen-bond acceptors (Lipinski definition) is 5. The Balaban J connectivity index is 2.44. The zero-order chi connectivity index (χ0) is 9.84. The summed E-state index contributed by atoms with van der Waals surface area (Å²) in [5, 5.41) is 1.34. The second-order valence-electron chi connectivity index (χ2n) is 2.60. The van der Waals surface area contributed by atoms with Gasteiger partial charge in [-0.1, -0.05) is 11.8 Å². The van der Waals surface area contributed by atoms with Crippen molar-refractivity contribution in [2.45, 2.75) is 11.4 Å². The number of esters is 2. The zero-order valence-electron chi connectivity index (χ0n) is 7.48. The molecule has 2 atom stereocenters. The van der Waals surface area contributed by atoms with Crippen LogP contribution in [0.25, 0.3) is 0 Å². The van der Waals surface area contributed by atoms with Crippen molar-refractivity contribution < 1.29 is 24.4 Å². The number of ether oxygens (including phenoxy) is 2. The lowest BCUT2D eigenvalue weighted by molar-refractivity contribution is -0.670. The van der Waals surface area contributed by atoms with Gasteiger partial charge in [-0.3, -0.25) is 0 Å². The Kier molecular flexibility index (Phi) is 3.56. The van der Waals surface area contributed by atoms with Crippen LogP contribution in [0.15, 0.2) is 0 Å². The summed E-state index contributed by atoms with van der Waals surface area (Å²) in [6.07, 6.45) is 0. The second kappa shape index (κ2) is 4.48. The maximum atomic E-state index is 11.1. The van der Waals surface area contributed by atoms with E-state index in [1.807, 2.05) is 0 Å². The van der Waals surface area contributed by atoms with E-state index in [4.69, 9.17) is 0 Å². The van der Waals surface area contributed by atoms with Gasteiger partial charge in [0.15, 0.2) is 6.04 Å². The fourth-order valence-electron chi connectivity index (χ4n) is 1.09. The minimum absolute atomic E-state index is 0.279. The first-order valence-corrected chi connectivity index (χ1v) is 4.86. The molecule has 0 aromatic carbocycles. The van der Waals surface area contributed by atoms with Gasteiger partial charge in [0, 0.05) is 0 Å². The van der Waals surface area contributed by atoms with Gasteiger partial charge in [0.1, 0.15) is 0 Å². The maximum Gasteiger partial charge on any atom is 0.375 e. The number of hydrogen-bond donors (Lipinski definition) is 1. The molecule has 1 aliphatic heterocycles. The molecule has 1 saturated heterocycles. The highest BCUT2D eigenvalue weighted by atomic mass is 32.2. The molecule has 0 aliphatic carbocycles. The Morgan fingerprint density at radius 3 is 2.46 bits per heavy atom. The number of methoxy groups -OCH3 is 2. The molecule has 0 radical (unpaired) electrons. The Hall–Kier alpha value is -0.750. The van der Waals surface area contributed by atoms with Gasteiger partial charge < -0.3 is 14.8 Å². The topological polar surface area (TPSA) is 69.2 Å². The molecule has 0 spiro atoms. The first-order valence-electron chi connectivity index (χ1n) is 3.81. The van der Waals surface area contributed by atoms with E-state index < -0.39 is 0 Å². The molecule has 1 heterocycles. The minimum atomic E-state index is -0.325. The lowest BCUT2D eigenvalue weighted by atomic mass is 10.3. The number of rotatable bonds is 2. The molecular formula is C7H12NO4S+. The largest absolute Gasteiger partial charge is 0.465 e. The van der Waals surface area contributed by atoms with Gasteiger partial charge in [-0.2, -0.15) is 0 Å². The third-order valence-electron chi connectivity index (χ3n) is 1.80. The third kappa shape index (κ3) is 2.35. The van der Waals surface area contributed by atoms with Crippen LogP contribution in [0.3, 0.4) is 0 Å². The minimum Gasteiger partial charge on any atom is -0.465 e. The first kappa shape index (κ1) is 10.3. The van der Waals surface area contributed by atoms with Gasteiger partial charge in [0.2, 0.25) is 5.37 Å². The number of quaternary nitrogens is 1. The summed E-state index contributed by atoms with van der Waals surface area (Å²) in [5.74, 6) is -0.0118. The van der Waals surface area contributed by atoms with Gasteiger partial charge in [-0.25, -0.2) is 9.59 Å². The molecule has 13 heavy (non-hydrogen) atoms. The SMILES string of the molecule is COC(=O)C1CSC(C(=O)OC)[NH2+]1. The van der Waals surface area contributed by atoms with Crippen LogP contribution in [-0.2, 0) is 19.1 Å². The van der Waals surface area contributed by atoms with Crippen LogP contribution in [0.4, 0.5) is 0 Å². The van der Waals surface area contributed by atoms with Gasteiger partial charge in [0.05, 0.1) is 20.0 Å². The Bertz CT molecular complexity index is 199. The molecule has 0 amide bonds. The molecule has 0 bridgehead atoms. The van der Waals surface area contributed by atoms with Gasteiger partial charge >= 0.3 is 11.9 Å².